The Balaban J connectivity index is 1.56. The first-order valence-electron chi connectivity index (χ1n) is 9.53. The van der Waals surface area contributed by atoms with Crippen LogP contribution in [0.1, 0.15) is 63.0 Å². The molecule has 1 aromatic rings. The maximum atomic E-state index is 10.5. The van der Waals surface area contributed by atoms with Gasteiger partial charge < -0.3 is 10.2 Å². The highest BCUT2D eigenvalue weighted by Gasteiger charge is 2.44. The number of benzene rings is 1. The van der Waals surface area contributed by atoms with Crippen molar-refractivity contribution in [1.82, 2.24) is 0 Å². The van der Waals surface area contributed by atoms with Crippen LogP contribution in [0.5, 0.6) is 0 Å². The van der Waals surface area contributed by atoms with Crippen molar-refractivity contribution in [2.24, 2.45) is 17.8 Å². The van der Waals surface area contributed by atoms with Gasteiger partial charge in [-0.05, 0) is 73.5 Å². The number of aliphatic hydroxyl groups is 2. The molecule has 1 aromatic carbocycles. The van der Waals surface area contributed by atoms with Crippen LogP contribution in [0.25, 0.3) is 0 Å². The number of aliphatic hydroxyl groups excluding tert-OH is 2. The fraction of sp³-hybridized carbons (Fsp3) is 0.714. The summed E-state index contributed by atoms with van der Waals surface area (Å²) in [6, 6.07) is 9.70. The summed E-state index contributed by atoms with van der Waals surface area (Å²) in [4.78, 5) is 0. The maximum Gasteiger partial charge on any atom is 0.0574 e. The van der Waals surface area contributed by atoms with E-state index in [0.717, 1.165) is 44.9 Å². The largest absolute Gasteiger partial charge is 0.393 e. The van der Waals surface area contributed by atoms with E-state index in [1.165, 1.54) is 24.0 Å². The van der Waals surface area contributed by atoms with E-state index in [2.05, 4.69) is 25.1 Å². The molecular formula is C21H31O2. The lowest BCUT2D eigenvalue weighted by Gasteiger charge is -2.31. The molecule has 0 aromatic heterocycles. The fourth-order valence-corrected chi connectivity index (χ4v) is 4.82. The van der Waals surface area contributed by atoms with E-state index in [-0.39, 0.29) is 12.2 Å². The zero-order chi connectivity index (χ0) is 16.2. The highest BCUT2D eigenvalue weighted by Crippen LogP contribution is 2.46. The first kappa shape index (κ1) is 17.0. The van der Waals surface area contributed by atoms with Gasteiger partial charge in [-0.25, -0.2) is 0 Å². The smallest absolute Gasteiger partial charge is 0.0574 e. The normalized spacial score (nSPS) is 30.7. The standard InChI is InChI=1S/C21H31O2/c1-2-3-4-9-18(22)10-11-19-20-13-16-8-6-5-7-15(16)12-17(20)14-21(19)23/h5-6,8,17-23H,2-4,9-14H2,1H3/t17?,18-,19?,20?,21?/m1/s1. The molecule has 1 saturated carbocycles. The summed E-state index contributed by atoms with van der Waals surface area (Å²) in [6.07, 6.45) is 9.02. The van der Waals surface area contributed by atoms with Crippen LogP contribution in [-0.2, 0) is 12.8 Å². The zero-order valence-electron chi connectivity index (χ0n) is 14.4. The Labute approximate surface area is 140 Å². The second kappa shape index (κ2) is 7.81. The van der Waals surface area contributed by atoms with E-state index in [0.29, 0.717) is 17.8 Å². The molecule has 23 heavy (non-hydrogen) atoms. The Kier molecular flexibility index (Phi) is 5.76. The highest BCUT2D eigenvalue weighted by atomic mass is 16.3. The van der Waals surface area contributed by atoms with Gasteiger partial charge in [0.2, 0.25) is 0 Å². The summed E-state index contributed by atoms with van der Waals surface area (Å²) in [5, 5.41) is 20.7. The quantitative estimate of drug-likeness (QED) is 0.749. The topological polar surface area (TPSA) is 40.5 Å². The second-order valence-electron chi connectivity index (χ2n) is 7.70. The van der Waals surface area contributed by atoms with Crippen LogP contribution in [-0.4, -0.2) is 22.4 Å². The molecule has 2 aliphatic carbocycles. The summed E-state index contributed by atoms with van der Waals surface area (Å²) in [7, 11) is 0. The average Bonchev–Trinajstić information content (AvgIpc) is 2.85. The van der Waals surface area contributed by atoms with Gasteiger partial charge in [0.15, 0.2) is 0 Å². The molecule has 0 saturated heterocycles. The molecule has 5 atom stereocenters. The van der Waals surface area contributed by atoms with Gasteiger partial charge in [0, 0.05) is 0 Å². The van der Waals surface area contributed by atoms with Gasteiger partial charge in [0.25, 0.3) is 0 Å². The van der Waals surface area contributed by atoms with Crippen LogP contribution in [0.4, 0.5) is 0 Å². The molecule has 0 amide bonds. The molecule has 1 fully saturated rings. The minimum Gasteiger partial charge on any atom is -0.393 e. The Morgan fingerprint density at radius 1 is 1.26 bits per heavy atom. The van der Waals surface area contributed by atoms with Crippen molar-refractivity contribution in [1.29, 1.82) is 0 Å². The Morgan fingerprint density at radius 3 is 2.96 bits per heavy atom. The Hall–Kier alpha value is -0.860. The number of hydrogen-bond acceptors (Lipinski definition) is 2. The molecule has 0 aliphatic heterocycles. The third-order valence-corrected chi connectivity index (χ3v) is 6.13. The maximum absolute atomic E-state index is 10.5. The van der Waals surface area contributed by atoms with Crippen LogP contribution >= 0.6 is 0 Å². The highest BCUT2D eigenvalue weighted by molar-refractivity contribution is 5.30. The summed E-state index contributed by atoms with van der Waals surface area (Å²) in [5.74, 6) is 1.57. The van der Waals surface area contributed by atoms with Gasteiger partial charge in [-0.15, -0.1) is 0 Å². The lowest BCUT2D eigenvalue weighted by atomic mass is 9.74. The molecule has 2 aliphatic rings. The van der Waals surface area contributed by atoms with Gasteiger partial charge in [-0.2, -0.15) is 0 Å². The van der Waals surface area contributed by atoms with Crippen molar-refractivity contribution in [3.05, 3.63) is 35.4 Å². The van der Waals surface area contributed by atoms with Crippen LogP contribution in [0.3, 0.4) is 0 Å². The molecule has 0 bridgehead atoms. The van der Waals surface area contributed by atoms with Crippen LogP contribution in [0.2, 0.25) is 0 Å². The number of unbranched alkanes of at least 4 members (excludes halogenated alkanes) is 2. The summed E-state index contributed by atoms with van der Waals surface area (Å²) < 4.78 is 0. The van der Waals surface area contributed by atoms with E-state index in [1.54, 1.807) is 0 Å². The Bertz CT molecular complexity index is 498. The van der Waals surface area contributed by atoms with Gasteiger partial charge in [0.1, 0.15) is 0 Å². The predicted molar refractivity (Wildman–Crippen MR) is 93.2 cm³/mol. The molecule has 127 valence electrons. The first-order valence-corrected chi connectivity index (χ1v) is 9.53. The average molecular weight is 315 g/mol. The van der Waals surface area contributed by atoms with E-state index < -0.39 is 0 Å². The first-order chi connectivity index (χ1) is 11.2. The third kappa shape index (κ3) is 3.97. The molecule has 0 spiro atoms. The SMILES string of the molecule is CCCCC[C@@H](O)CCC1C(O)CC2Cc3[c]cccc3CC21. The third-order valence-electron chi connectivity index (χ3n) is 6.13. The van der Waals surface area contributed by atoms with Gasteiger partial charge in [-0.3, -0.25) is 0 Å². The number of fused-ring (bicyclic) bond motifs is 2. The van der Waals surface area contributed by atoms with Gasteiger partial charge in [-0.1, -0.05) is 44.4 Å². The fourth-order valence-electron chi connectivity index (χ4n) is 4.82. The van der Waals surface area contributed by atoms with E-state index in [1.807, 2.05) is 6.07 Å². The van der Waals surface area contributed by atoms with Gasteiger partial charge in [0.05, 0.1) is 12.2 Å². The van der Waals surface area contributed by atoms with Crippen molar-refractivity contribution in [2.75, 3.05) is 0 Å². The van der Waals surface area contributed by atoms with Crippen molar-refractivity contribution in [3.63, 3.8) is 0 Å². The molecule has 0 heterocycles. The molecule has 4 unspecified atom stereocenters. The monoisotopic (exact) mass is 315 g/mol. The lowest BCUT2D eigenvalue weighted by Crippen LogP contribution is -2.27. The minimum atomic E-state index is -0.183. The van der Waals surface area contributed by atoms with Crippen molar-refractivity contribution in [3.8, 4) is 0 Å². The molecule has 1 radical (unpaired) electrons. The number of rotatable bonds is 7. The lowest BCUT2D eigenvalue weighted by molar-refractivity contribution is 0.0870. The van der Waals surface area contributed by atoms with E-state index in [9.17, 15) is 10.2 Å². The zero-order valence-corrected chi connectivity index (χ0v) is 14.4. The van der Waals surface area contributed by atoms with Crippen LogP contribution in [0, 0.1) is 23.8 Å². The Morgan fingerprint density at radius 2 is 2.13 bits per heavy atom. The molecule has 2 nitrogen and oxygen atoms in total. The van der Waals surface area contributed by atoms with E-state index in [4.69, 9.17) is 0 Å². The molecule has 2 heteroatoms. The molecular weight excluding hydrogens is 284 g/mol. The molecule has 3 rings (SSSR count). The summed E-state index contributed by atoms with van der Waals surface area (Å²) in [6.45, 7) is 2.19. The minimum absolute atomic E-state index is 0.179. The second-order valence-corrected chi connectivity index (χ2v) is 7.70. The summed E-state index contributed by atoms with van der Waals surface area (Å²) in [5.41, 5.74) is 2.79. The van der Waals surface area contributed by atoms with Crippen molar-refractivity contribution >= 4 is 0 Å². The molecule has 2 N–H and O–H groups in total. The van der Waals surface area contributed by atoms with Crippen LogP contribution < -0.4 is 0 Å². The van der Waals surface area contributed by atoms with Crippen molar-refractivity contribution in [2.45, 2.75) is 76.9 Å². The number of hydrogen-bond donors (Lipinski definition) is 2. The predicted octanol–water partition coefficient (Wildman–Crippen LogP) is 3.92. The summed E-state index contributed by atoms with van der Waals surface area (Å²) >= 11 is 0. The van der Waals surface area contributed by atoms with E-state index >= 15 is 0 Å². The van der Waals surface area contributed by atoms with Gasteiger partial charge >= 0.3 is 0 Å². The van der Waals surface area contributed by atoms with Crippen LogP contribution in [0.15, 0.2) is 18.2 Å². The van der Waals surface area contributed by atoms with Crippen molar-refractivity contribution < 1.29 is 10.2 Å².